The van der Waals surface area contributed by atoms with Gasteiger partial charge in [-0.3, -0.25) is 4.98 Å². The Bertz CT molecular complexity index is 1340. The Morgan fingerprint density at radius 2 is 1.97 bits per heavy atom. The first kappa shape index (κ1) is 19.2. The molecule has 1 atom stereocenters. The quantitative estimate of drug-likeness (QED) is 0.527. The first-order chi connectivity index (χ1) is 15.0. The van der Waals surface area contributed by atoms with Crippen molar-refractivity contribution in [1.82, 2.24) is 15.0 Å². The molecule has 4 aromatic rings. The molecule has 5 rings (SSSR count). The summed E-state index contributed by atoms with van der Waals surface area (Å²) in [5, 5.41) is 9.26. The van der Waals surface area contributed by atoms with Crippen LogP contribution in [0.1, 0.15) is 12.0 Å². The van der Waals surface area contributed by atoms with Gasteiger partial charge in [-0.2, -0.15) is 5.26 Å². The number of nitriles is 1. The molecular weight excluding hydrogens is 398 g/mol. The maximum Gasteiger partial charge on any atom is 0.151 e. The summed E-state index contributed by atoms with van der Waals surface area (Å²) >= 11 is 0. The van der Waals surface area contributed by atoms with Crippen LogP contribution in [0.15, 0.2) is 48.8 Å². The number of benzene rings is 2. The zero-order valence-corrected chi connectivity index (χ0v) is 16.4. The van der Waals surface area contributed by atoms with E-state index in [1.807, 2.05) is 6.07 Å². The fraction of sp³-hybridized carbons (Fsp3) is 0.174. The van der Waals surface area contributed by atoms with E-state index in [1.165, 1.54) is 18.2 Å². The predicted molar refractivity (Wildman–Crippen MR) is 114 cm³/mol. The molecule has 1 fully saturated rings. The van der Waals surface area contributed by atoms with Crippen LogP contribution in [0.25, 0.3) is 33.5 Å². The van der Waals surface area contributed by atoms with Gasteiger partial charge in [0.25, 0.3) is 0 Å². The first-order valence-corrected chi connectivity index (χ1v) is 9.88. The van der Waals surface area contributed by atoms with Gasteiger partial charge < -0.3 is 15.6 Å². The maximum absolute atomic E-state index is 14.2. The number of pyridine rings is 1. The zero-order chi connectivity index (χ0) is 21.5. The SMILES string of the molecule is N#Cc1cc(-c2cncc(-c3nc4c(F)cccc4[nH]3)c2N2CC[C@H](N)C2)ccc1F. The van der Waals surface area contributed by atoms with Crippen LogP contribution < -0.4 is 10.6 Å². The van der Waals surface area contributed by atoms with Gasteiger partial charge in [0.05, 0.1) is 22.3 Å². The van der Waals surface area contributed by atoms with Crippen molar-refractivity contribution in [3.05, 3.63) is 66.0 Å². The Morgan fingerprint density at radius 1 is 1.13 bits per heavy atom. The highest BCUT2D eigenvalue weighted by atomic mass is 19.1. The number of nitrogens with one attached hydrogen (secondary N) is 1. The van der Waals surface area contributed by atoms with Gasteiger partial charge in [0.1, 0.15) is 23.2 Å². The van der Waals surface area contributed by atoms with Crippen molar-refractivity contribution in [3.8, 4) is 28.6 Å². The van der Waals surface area contributed by atoms with Crippen LogP contribution in [0.3, 0.4) is 0 Å². The third-order valence-electron chi connectivity index (χ3n) is 5.57. The van der Waals surface area contributed by atoms with E-state index < -0.39 is 11.6 Å². The lowest BCUT2D eigenvalue weighted by atomic mass is 9.99. The molecule has 31 heavy (non-hydrogen) atoms. The third-order valence-corrected chi connectivity index (χ3v) is 5.57. The molecule has 2 aromatic heterocycles. The number of hydrogen-bond donors (Lipinski definition) is 2. The molecule has 8 heteroatoms. The summed E-state index contributed by atoms with van der Waals surface area (Å²) in [6, 6.07) is 11.1. The number of halogens is 2. The van der Waals surface area contributed by atoms with Crippen molar-refractivity contribution in [2.45, 2.75) is 12.5 Å². The maximum atomic E-state index is 14.2. The Hall–Kier alpha value is -3.83. The van der Waals surface area contributed by atoms with Crippen LogP contribution >= 0.6 is 0 Å². The largest absolute Gasteiger partial charge is 0.369 e. The molecule has 1 aliphatic rings. The molecular formula is C23H18F2N6. The number of fused-ring (bicyclic) bond motifs is 1. The van der Waals surface area contributed by atoms with Gasteiger partial charge in [-0.25, -0.2) is 13.8 Å². The smallest absolute Gasteiger partial charge is 0.151 e. The number of imidazole rings is 1. The predicted octanol–water partition coefficient (Wildman–Crippen LogP) is 3.98. The number of para-hydroxylation sites is 1. The van der Waals surface area contributed by atoms with Crippen LogP contribution in [-0.2, 0) is 0 Å². The molecule has 0 saturated carbocycles. The molecule has 1 saturated heterocycles. The number of aromatic nitrogens is 3. The molecule has 0 bridgehead atoms. The molecule has 154 valence electrons. The minimum absolute atomic E-state index is 0.0184. The number of rotatable bonds is 3. The van der Waals surface area contributed by atoms with Gasteiger partial charge in [-0.1, -0.05) is 12.1 Å². The van der Waals surface area contributed by atoms with Gasteiger partial charge in [0, 0.05) is 37.1 Å². The summed E-state index contributed by atoms with van der Waals surface area (Å²) in [5.41, 5.74) is 9.84. The Morgan fingerprint density at radius 3 is 2.71 bits per heavy atom. The third kappa shape index (κ3) is 3.29. The first-order valence-electron chi connectivity index (χ1n) is 9.88. The van der Waals surface area contributed by atoms with Gasteiger partial charge in [0.2, 0.25) is 0 Å². The second-order valence-corrected chi connectivity index (χ2v) is 7.61. The standard InChI is InChI=1S/C23H18F2N6/c24-18-5-4-13(8-14(18)9-26)16-10-28-11-17(22(16)31-7-6-15(27)12-31)23-29-20-3-1-2-19(25)21(20)30-23/h1-5,8,10-11,15H,6-7,12,27H2,(H,29,30)/t15-/m0/s1. The zero-order valence-electron chi connectivity index (χ0n) is 16.4. The van der Waals surface area contributed by atoms with Gasteiger partial charge in [-0.15, -0.1) is 0 Å². The lowest BCUT2D eigenvalue weighted by molar-refractivity contribution is 0.624. The fourth-order valence-electron chi connectivity index (χ4n) is 4.07. The average Bonchev–Trinajstić information content (AvgIpc) is 3.40. The van der Waals surface area contributed by atoms with E-state index in [9.17, 15) is 14.0 Å². The summed E-state index contributed by atoms with van der Waals surface area (Å²) in [6.07, 6.45) is 4.18. The number of nitrogens with two attached hydrogens (primary N) is 1. The molecule has 3 heterocycles. The van der Waals surface area contributed by atoms with Gasteiger partial charge >= 0.3 is 0 Å². The second-order valence-electron chi connectivity index (χ2n) is 7.61. The Kier molecular flexibility index (Phi) is 4.60. The highest BCUT2D eigenvalue weighted by molar-refractivity contribution is 5.91. The van der Waals surface area contributed by atoms with E-state index in [2.05, 4.69) is 19.9 Å². The van der Waals surface area contributed by atoms with Crippen LogP contribution in [0.5, 0.6) is 0 Å². The average molecular weight is 416 g/mol. The Labute approximate surface area is 177 Å². The summed E-state index contributed by atoms with van der Waals surface area (Å²) in [4.78, 5) is 14.2. The number of nitrogens with zero attached hydrogens (tertiary/aromatic N) is 4. The lowest BCUT2D eigenvalue weighted by Gasteiger charge is -2.24. The summed E-state index contributed by atoms with van der Waals surface area (Å²) in [6.45, 7) is 1.36. The van der Waals surface area contributed by atoms with Crippen molar-refractivity contribution >= 4 is 16.7 Å². The normalized spacial score (nSPS) is 16.1. The van der Waals surface area contributed by atoms with E-state index in [4.69, 9.17) is 5.73 Å². The van der Waals surface area contributed by atoms with E-state index in [-0.39, 0.29) is 17.1 Å². The molecule has 3 N–H and O–H groups in total. The van der Waals surface area contributed by atoms with E-state index in [1.54, 1.807) is 30.6 Å². The summed E-state index contributed by atoms with van der Waals surface area (Å²) < 4.78 is 28.2. The number of hydrogen-bond acceptors (Lipinski definition) is 5. The topological polar surface area (TPSA) is 94.6 Å². The molecule has 1 aliphatic heterocycles. The fourth-order valence-corrected chi connectivity index (χ4v) is 4.07. The van der Waals surface area contributed by atoms with Crippen LogP contribution in [0, 0.1) is 23.0 Å². The lowest BCUT2D eigenvalue weighted by Crippen LogP contribution is -2.27. The summed E-state index contributed by atoms with van der Waals surface area (Å²) in [5.74, 6) is -0.508. The number of H-pyrrole nitrogens is 1. The minimum atomic E-state index is -0.576. The molecule has 6 nitrogen and oxygen atoms in total. The van der Waals surface area contributed by atoms with Crippen molar-refractivity contribution in [2.75, 3.05) is 18.0 Å². The molecule has 0 aliphatic carbocycles. The van der Waals surface area contributed by atoms with Crippen molar-refractivity contribution < 1.29 is 8.78 Å². The van der Waals surface area contributed by atoms with Crippen molar-refractivity contribution in [1.29, 1.82) is 5.26 Å². The van der Waals surface area contributed by atoms with Crippen LogP contribution in [0.4, 0.5) is 14.5 Å². The van der Waals surface area contributed by atoms with Crippen molar-refractivity contribution in [3.63, 3.8) is 0 Å². The van der Waals surface area contributed by atoms with Crippen LogP contribution in [0.2, 0.25) is 0 Å². The number of anilines is 1. The molecule has 0 unspecified atom stereocenters. The summed E-state index contributed by atoms with van der Waals surface area (Å²) in [7, 11) is 0. The molecule has 0 amide bonds. The van der Waals surface area contributed by atoms with Crippen molar-refractivity contribution in [2.24, 2.45) is 5.73 Å². The van der Waals surface area contributed by atoms with E-state index >= 15 is 0 Å². The molecule has 0 radical (unpaired) electrons. The van der Waals surface area contributed by atoms with Gasteiger partial charge in [0.15, 0.2) is 5.82 Å². The molecule has 0 spiro atoms. The second kappa shape index (κ2) is 7.45. The molecule has 2 aromatic carbocycles. The Balaban J connectivity index is 1.74. The minimum Gasteiger partial charge on any atom is -0.369 e. The van der Waals surface area contributed by atoms with Crippen LogP contribution in [-0.4, -0.2) is 34.1 Å². The highest BCUT2D eigenvalue weighted by Crippen LogP contribution is 2.40. The van der Waals surface area contributed by atoms with Gasteiger partial charge in [-0.05, 0) is 36.2 Å². The monoisotopic (exact) mass is 416 g/mol. The van der Waals surface area contributed by atoms with E-state index in [0.29, 0.717) is 29.0 Å². The highest BCUT2D eigenvalue weighted by Gasteiger charge is 2.26. The number of aromatic amines is 1. The van der Waals surface area contributed by atoms with E-state index in [0.717, 1.165) is 24.2 Å².